The molecule has 12 nitrogen and oxygen atoms in total. The minimum absolute atomic E-state index is 0.0547. The van der Waals surface area contributed by atoms with E-state index in [0.717, 1.165) is 54.8 Å². The van der Waals surface area contributed by atoms with Gasteiger partial charge >= 0.3 is 13.9 Å². The largest absolute Gasteiger partial charge is 0.470 e. The van der Waals surface area contributed by atoms with Crippen molar-refractivity contribution in [3.63, 3.8) is 0 Å². The smallest absolute Gasteiger partial charge is 0.446 e. The van der Waals surface area contributed by atoms with Crippen LogP contribution in [0.15, 0.2) is 11.6 Å². The van der Waals surface area contributed by atoms with E-state index in [2.05, 4.69) is 50.5 Å². The summed E-state index contributed by atoms with van der Waals surface area (Å²) in [5.74, 6) is 4.93. The number of amides is 1. The van der Waals surface area contributed by atoms with Crippen molar-refractivity contribution in [3.05, 3.63) is 11.6 Å². The summed E-state index contributed by atoms with van der Waals surface area (Å²) in [4.78, 5) is 30.2. The number of hydrogen-bond acceptors (Lipinski definition) is 9. The molecule has 53 heavy (non-hydrogen) atoms. The van der Waals surface area contributed by atoms with Crippen LogP contribution in [0.5, 0.6) is 0 Å². The molecule has 308 valence electrons. The average molecular weight is 774 g/mol. The first-order valence-corrected chi connectivity index (χ1v) is 22.1. The molecule has 0 aromatic carbocycles. The van der Waals surface area contributed by atoms with E-state index in [9.17, 15) is 9.36 Å². The molecule has 3 saturated carbocycles. The summed E-state index contributed by atoms with van der Waals surface area (Å²) in [5.41, 5.74) is 2.28. The Labute approximate surface area is 319 Å². The highest BCUT2D eigenvalue weighted by Crippen LogP contribution is 2.67. The molecule has 9 atom stereocenters. The summed E-state index contributed by atoms with van der Waals surface area (Å²) < 4.78 is 42.8. The number of ether oxygens (including phenoxy) is 5. The quantitative estimate of drug-likeness (QED) is 0.0452. The van der Waals surface area contributed by atoms with Crippen LogP contribution in [0.3, 0.4) is 0 Å². The third-order valence-corrected chi connectivity index (χ3v) is 13.8. The molecule has 13 heteroatoms. The van der Waals surface area contributed by atoms with Crippen LogP contribution in [0.25, 0.3) is 0 Å². The van der Waals surface area contributed by atoms with E-state index < -0.39 is 20.5 Å². The number of aliphatic hydroxyl groups excluding tert-OH is 1. The summed E-state index contributed by atoms with van der Waals surface area (Å²) in [6.07, 6.45) is 15.6. The van der Waals surface area contributed by atoms with Gasteiger partial charge in [-0.3, -0.25) is 4.52 Å². The molecule has 4 aliphatic rings. The van der Waals surface area contributed by atoms with Gasteiger partial charge in [0.25, 0.3) is 0 Å². The lowest BCUT2D eigenvalue weighted by Crippen LogP contribution is -2.51. The number of alkyl carbamates (subject to hydrolysis) is 1. The molecule has 0 aliphatic heterocycles. The van der Waals surface area contributed by atoms with E-state index in [4.69, 9.17) is 38.6 Å². The van der Waals surface area contributed by atoms with Crippen molar-refractivity contribution in [3.8, 4) is 0 Å². The second kappa shape index (κ2) is 21.4. The van der Waals surface area contributed by atoms with Crippen LogP contribution in [0.2, 0.25) is 0 Å². The fraction of sp³-hybridized carbons (Fsp3) is 0.925. The van der Waals surface area contributed by atoms with Crippen LogP contribution in [-0.2, 0) is 32.8 Å². The monoisotopic (exact) mass is 773 g/mol. The topological polar surface area (TPSA) is 162 Å². The standard InChI is InChI=1S/C40H72NO11P/c1-29(2)8-6-9-30(3)35-12-13-36-34-11-10-31-26-32(14-16-39(31,4)37(34)15-17-40(35,36)5)51-38(43)41-18-7-19-47-20-21-48-22-23-49-24-25-50-28-33(27-42)52-53(44,45)46/h10,29-30,32-37,42H,6-9,11-28H2,1-5H3,(H,41,43)(H2,44,45,46)/t30-,32?,33?,34?,35?,36?,37?,39+,40-/m1/s1. The third kappa shape index (κ3) is 13.2. The Bertz CT molecular complexity index is 1180. The van der Waals surface area contributed by atoms with Gasteiger partial charge < -0.3 is 43.9 Å². The molecular weight excluding hydrogens is 701 g/mol. The zero-order chi connectivity index (χ0) is 38.5. The third-order valence-electron chi connectivity index (χ3n) is 13.2. The molecular formula is C40H72NO11P. The van der Waals surface area contributed by atoms with Gasteiger partial charge in [0, 0.05) is 19.6 Å². The highest BCUT2D eigenvalue weighted by atomic mass is 31.2. The molecule has 1 amide bonds. The lowest BCUT2D eigenvalue weighted by atomic mass is 9.47. The molecule has 4 rings (SSSR count). The predicted octanol–water partition coefficient (Wildman–Crippen LogP) is 7.05. The number of fused-ring (bicyclic) bond motifs is 5. The molecule has 4 N–H and O–H groups in total. The number of phosphoric ester groups is 1. The van der Waals surface area contributed by atoms with Gasteiger partial charge in [-0.05, 0) is 97.7 Å². The van der Waals surface area contributed by atoms with Crippen LogP contribution in [0.4, 0.5) is 4.79 Å². The van der Waals surface area contributed by atoms with E-state index in [0.29, 0.717) is 51.4 Å². The zero-order valence-electron chi connectivity index (χ0n) is 33.3. The summed E-state index contributed by atoms with van der Waals surface area (Å²) in [6.45, 7) is 14.8. The lowest BCUT2D eigenvalue weighted by molar-refractivity contribution is -0.0581. The van der Waals surface area contributed by atoms with Crippen molar-refractivity contribution in [2.24, 2.45) is 46.3 Å². The second-order valence-corrected chi connectivity index (χ2v) is 18.3. The first kappa shape index (κ1) is 44.6. The van der Waals surface area contributed by atoms with E-state index in [1.165, 1.54) is 51.4 Å². The van der Waals surface area contributed by atoms with Crippen LogP contribution in [0.1, 0.15) is 112 Å². The molecule has 0 bridgehead atoms. The fourth-order valence-corrected chi connectivity index (χ4v) is 11.0. The van der Waals surface area contributed by atoms with Crippen molar-refractivity contribution < 1.29 is 52.5 Å². The average Bonchev–Trinajstić information content (AvgIpc) is 3.46. The minimum Gasteiger partial charge on any atom is -0.446 e. The number of aliphatic hydroxyl groups is 1. The number of hydrogen-bond donors (Lipinski definition) is 4. The Morgan fingerprint density at radius 2 is 1.57 bits per heavy atom. The van der Waals surface area contributed by atoms with Gasteiger partial charge in [-0.25, -0.2) is 9.36 Å². The van der Waals surface area contributed by atoms with E-state index in [1.54, 1.807) is 5.57 Å². The maximum atomic E-state index is 12.7. The first-order chi connectivity index (χ1) is 25.3. The molecule has 0 radical (unpaired) electrons. The first-order valence-electron chi connectivity index (χ1n) is 20.6. The Kier molecular flexibility index (Phi) is 18.1. The number of phosphoric acid groups is 1. The maximum absolute atomic E-state index is 12.7. The molecule has 0 spiro atoms. The van der Waals surface area contributed by atoms with Gasteiger partial charge in [0.1, 0.15) is 12.2 Å². The molecule has 0 aromatic heterocycles. The van der Waals surface area contributed by atoms with Crippen molar-refractivity contribution in [1.29, 1.82) is 0 Å². The molecule has 6 unspecified atom stereocenters. The highest BCUT2D eigenvalue weighted by molar-refractivity contribution is 7.46. The molecule has 0 aromatic rings. The SMILES string of the molecule is CC(C)CCC[C@@H](C)C1CCC2C3CC=C4CC(OC(=O)NCCCOCCOCCOCCOCC(CO)OP(=O)(O)O)CC[C@]4(C)C3CC[C@@]21C. The predicted molar refractivity (Wildman–Crippen MR) is 203 cm³/mol. The molecule has 3 fully saturated rings. The van der Waals surface area contributed by atoms with Gasteiger partial charge in [-0.2, -0.15) is 0 Å². The zero-order valence-corrected chi connectivity index (χ0v) is 34.2. The van der Waals surface area contributed by atoms with Gasteiger partial charge in [0.2, 0.25) is 0 Å². The van der Waals surface area contributed by atoms with Crippen molar-refractivity contribution in [2.75, 3.05) is 66.0 Å². The number of carbonyl (C=O) groups excluding carboxylic acids is 1. The van der Waals surface area contributed by atoms with Crippen LogP contribution < -0.4 is 5.32 Å². The minimum atomic E-state index is -4.68. The van der Waals surface area contributed by atoms with Crippen LogP contribution in [0, 0.1) is 46.3 Å². The number of nitrogens with one attached hydrogen (secondary N) is 1. The summed E-state index contributed by atoms with van der Waals surface area (Å²) in [6, 6.07) is 0. The number of allylic oxidation sites excluding steroid dienone is 1. The van der Waals surface area contributed by atoms with Crippen molar-refractivity contribution in [2.45, 2.75) is 124 Å². The van der Waals surface area contributed by atoms with E-state index in [-0.39, 0.29) is 37.4 Å². The lowest BCUT2D eigenvalue weighted by Gasteiger charge is -2.58. The maximum Gasteiger partial charge on any atom is 0.470 e. The van der Waals surface area contributed by atoms with E-state index >= 15 is 0 Å². The number of rotatable bonds is 24. The molecule has 4 aliphatic carbocycles. The van der Waals surface area contributed by atoms with Crippen molar-refractivity contribution in [1.82, 2.24) is 5.32 Å². The van der Waals surface area contributed by atoms with Crippen LogP contribution in [-0.4, -0.2) is 99.2 Å². The fourth-order valence-electron chi connectivity index (χ4n) is 10.5. The van der Waals surface area contributed by atoms with E-state index in [1.807, 2.05) is 0 Å². The van der Waals surface area contributed by atoms with Crippen molar-refractivity contribution >= 4 is 13.9 Å². The van der Waals surface area contributed by atoms with Gasteiger partial charge in [-0.1, -0.05) is 65.5 Å². The summed E-state index contributed by atoms with van der Waals surface area (Å²) >= 11 is 0. The Morgan fingerprint density at radius 1 is 0.887 bits per heavy atom. The van der Waals surface area contributed by atoms with Gasteiger partial charge in [0.15, 0.2) is 0 Å². The Morgan fingerprint density at radius 3 is 2.23 bits per heavy atom. The summed E-state index contributed by atoms with van der Waals surface area (Å²) in [7, 11) is -4.68. The summed E-state index contributed by atoms with van der Waals surface area (Å²) in [5, 5.41) is 12.0. The Hall–Kier alpha value is -1.08. The second-order valence-electron chi connectivity index (χ2n) is 17.2. The highest BCUT2D eigenvalue weighted by Gasteiger charge is 2.59. The van der Waals surface area contributed by atoms with Gasteiger partial charge in [0.05, 0.1) is 52.9 Å². The normalized spacial score (nSPS) is 31.0. The molecule has 0 saturated heterocycles. The Balaban J connectivity index is 1.03. The van der Waals surface area contributed by atoms with Gasteiger partial charge in [-0.15, -0.1) is 0 Å². The number of carbonyl (C=O) groups is 1. The van der Waals surface area contributed by atoms with Crippen LogP contribution >= 0.6 is 7.82 Å². The molecule has 0 heterocycles.